The molecule has 0 radical (unpaired) electrons. The third-order valence-corrected chi connectivity index (χ3v) is 6.86. The van der Waals surface area contributed by atoms with E-state index in [1.54, 1.807) is 4.90 Å². The van der Waals surface area contributed by atoms with Crippen LogP contribution in [0.25, 0.3) is 5.69 Å². The highest BCUT2D eigenvalue weighted by Crippen LogP contribution is 2.56. The molecule has 1 saturated heterocycles. The zero-order chi connectivity index (χ0) is 20.2. The van der Waals surface area contributed by atoms with Crippen LogP contribution in [0.5, 0.6) is 0 Å². The van der Waals surface area contributed by atoms with Crippen LogP contribution in [0.15, 0.2) is 59.5 Å². The van der Waals surface area contributed by atoms with E-state index >= 15 is 0 Å². The standard InChI is InChI=1S/C22H20N4O2S/c1-14-12-15(2)26(24-14)17-7-5-6-16(13-17)23-21(28)22-11-10-20(27)25(22)18-8-3-4-9-19(18)29-22/h3-9,12-13H,10-11H2,1-2H3,(H,23,28). The largest absolute Gasteiger partial charge is 0.323 e. The van der Waals surface area contributed by atoms with Gasteiger partial charge in [-0.3, -0.25) is 14.5 Å². The Balaban J connectivity index is 1.46. The first-order valence-corrected chi connectivity index (χ1v) is 10.4. The fourth-order valence-corrected chi connectivity index (χ4v) is 5.55. The number of para-hydroxylation sites is 1. The van der Waals surface area contributed by atoms with Crippen molar-refractivity contribution < 1.29 is 9.59 Å². The van der Waals surface area contributed by atoms with Gasteiger partial charge in [0.15, 0.2) is 4.87 Å². The summed E-state index contributed by atoms with van der Waals surface area (Å²) in [6.45, 7) is 3.95. The lowest BCUT2D eigenvalue weighted by Gasteiger charge is -2.29. The third-order valence-electron chi connectivity index (χ3n) is 5.39. The van der Waals surface area contributed by atoms with Gasteiger partial charge in [0, 0.05) is 22.7 Å². The number of nitrogens with one attached hydrogen (secondary N) is 1. The number of aryl methyl sites for hydroxylation is 2. The quantitative estimate of drug-likeness (QED) is 0.715. The number of benzene rings is 2. The molecule has 0 bridgehead atoms. The molecule has 2 aliphatic rings. The SMILES string of the molecule is Cc1cc(C)n(-c2cccc(NC(=O)C34CCC(=O)N3c3ccccc3S4)c2)n1. The highest BCUT2D eigenvalue weighted by molar-refractivity contribution is 8.02. The van der Waals surface area contributed by atoms with Crippen molar-refractivity contribution in [2.24, 2.45) is 0 Å². The third kappa shape index (κ3) is 2.76. The molecule has 5 rings (SSSR count). The summed E-state index contributed by atoms with van der Waals surface area (Å²) >= 11 is 1.47. The number of anilines is 2. The predicted molar refractivity (Wildman–Crippen MR) is 113 cm³/mol. The number of hydrogen-bond donors (Lipinski definition) is 1. The number of amides is 2. The van der Waals surface area contributed by atoms with E-state index < -0.39 is 4.87 Å². The Morgan fingerprint density at radius 1 is 1.14 bits per heavy atom. The van der Waals surface area contributed by atoms with Gasteiger partial charge >= 0.3 is 0 Å². The summed E-state index contributed by atoms with van der Waals surface area (Å²) in [5.74, 6) is -0.177. The lowest BCUT2D eigenvalue weighted by Crippen LogP contribution is -2.49. The Kier molecular flexibility index (Phi) is 4.03. The normalized spacial score (nSPS) is 19.9. The minimum Gasteiger partial charge on any atom is -0.323 e. The van der Waals surface area contributed by atoms with Crippen LogP contribution in [0.1, 0.15) is 24.2 Å². The summed E-state index contributed by atoms with van der Waals surface area (Å²) in [6, 6.07) is 17.3. The second-order valence-corrected chi connectivity index (χ2v) is 8.75. The van der Waals surface area contributed by atoms with Crippen molar-refractivity contribution >= 4 is 35.0 Å². The first kappa shape index (κ1) is 18.0. The van der Waals surface area contributed by atoms with E-state index in [-0.39, 0.29) is 11.8 Å². The topological polar surface area (TPSA) is 67.2 Å². The molecule has 1 fully saturated rings. The Morgan fingerprint density at radius 3 is 2.76 bits per heavy atom. The fourth-order valence-electron chi connectivity index (χ4n) is 4.13. The zero-order valence-corrected chi connectivity index (χ0v) is 17.0. The maximum Gasteiger partial charge on any atom is 0.261 e. The molecule has 1 atom stereocenters. The lowest BCUT2D eigenvalue weighted by molar-refractivity contribution is -0.121. The molecule has 1 N–H and O–H groups in total. The number of hydrogen-bond acceptors (Lipinski definition) is 4. The van der Waals surface area contributed by atoms with Crippen LogP contribution in [0.3, 0.4) is 0 Å². The molecule has 0 saturated carbocycles. The van der Waals surface area contributed by atoms with E-state index in [1.807, 2.05) is 73.1 Å². The van der Waals surface area contributed by atoms with Gasteiger partial charge in [-0.2, -0.15) is 5.10 Å². The van der Waals surface area contributed by atoms with E-state index in [1.165, 1.54) is 11.8 Å². The number of fused-ring (bicyclic) bond motifs is 3. The molecular formula is C22H20N4O2S. The van der Waals surface area contributed by atoms with Gasteiger partial charge in [0.25, 0.3) is 5.91 Å². The Hall–Kier alpha value is -3.06. The summed E-state index contributed by atoms with van der Waals surface area (Å²) in [6.07, 6.45) is 0.870. The zero-order valence-electron chi connectivity index (χ0n) is 16.2. The molecule has 1 unspecified atom stereocenters. The van der Waals surface area contributed by atoms with Gasteiger partial charge in [0.1, 0.15) is 0 Å². The number of carbonyl (C=O) groups is 2. The van der Waals surface area contributed by atoms with Gasteiger partial charge in [0.2, 0.25) is 5.91 Å². The van der Waals surface area contributed by atoms with Crippen molar-refractivity contribution in [1.82, 2.24) is 9.78 Å². The van der Waals surface area contributed by atoms with E-state index in [4.69, 9.17) is 0 Å². The van der Waals surface area contributed by atoms with Crippen molar-refractivity contribution in [3.63, 3.8) is 0 Å². The Labute approximate surface area is 172 Å². The van der Waals surface area contributed by atoms with Gasteiger partial charge in [-0.05, 0) is 56.7 Å². The monoisotopic (exact) mass is 404 g/mol. The fraction of sp³-hybridized carbons (Fsp3) is 0.227. The van der Waals surface area contributed by atoms with E-state index in [0.29, 0.717) is 18.5 Å². The summed E-state index contributed by atoms with van der Waals surface area (Å²) in [5, 5.41) is 7.56. The molecule has 2 amide bonds. The van der Waals surface area contributed by atoms with Crippen molar-refractivity contribution in [2.45, 2.75) is 36.5 Å². The summed E-state index contributed by atoms with van der Waals surface area (Å²) in [4.78, 5) is 27.7. The van der Waals surface area contributed by atoms with Crippen molar-refractivity contribution in [3.05, 3.63) is 66.0 Å². The van der Waals surface area contributed by atoms with Gasteiger partial charge in [-0.1, -0.05) is 30.0 Å². The number of carbonyl (C=O) groups excluding carboxylic acids is 2. The van der Waals surface area contributed by atoms with Crippen LogP contribution in [0.4, 0.5) is 11.4 Å². The van der Waals surface area contributed by atoms with Gasteiger partial charge in [0.05, 0.1) is 17.1 Å². The van der Waals surface area contributed by atoms with Crippen molar-refractivity contribution in [1.29, 1.82) is 0 Å². The number of rotatable bonds is 3. The average molecular weight is 404 g/mol. The first-order valence-electron chi connectivity index (χ1n) is 9.54. The van der Waals surface area contributed by atoms with Crippen LogP contribution < -0.4 is 10.2 Å². The van der Waals surface area contributed by atoms with Crippen LogP contribution in [-0.2, 0) is 9.59 Å². The van der Waals surface area contributed by atoms with Crippen LogP contribution in [-0.4, -0.2) is 26.5 Å². The highest BCUT2D eigenvalue weighted by Gasteiger charge is 2.57. The van der Waals surface area contributed by atoms with Gasteiger partial charge in [-0.25, -0.2) is 4.68 Å². The van der Waals surface area contributed by atoms with Crippen molar-refractivity contribution in [2.75, 3.05) is 10.2 Å². The molecule has 1 aromatic heterocycles. The highest BCUT2D eigenvalue weighted by atomic mass is 32.2. The van der Waals surface area contributed by atoms with Gasteiger partial charge < -0.3 is 5.32 Å². The number of thioether (sulfide) groups is 1. The predicted octanol–water partition coefficient (Wildman–Crippen LogP) is 4.06. The Morgan fingerprint density at radius 2 is 1.97 bits per heavy atom. The van der Waals surface area contributed by atoms with Crippen LogP contribution in [0.2, 0.25) is 0 Å². The molecule has 6 nitrogen and oxygen atoms in total. The molecule has 29 heavy (non-hydrogen) atoms. The van der Waals surface area contributed by atoms with Gasteiger partial charge in [-0.15, -0.1) is 0 Å². The molecular weight excluding hydrogens is 384 g/mol. The smallest absolute Gasteiger partial charge is 0.261 e. The second kappa shape index (κ2) is 6.49. The molecule has 2 aromatic carbocycles. The minimum absolute atomic E-state index is 0.00556. The molecule has 2 aliphatic heterocycles. The molecule has 7 heteroatoms. The minimum atomic E-state index is -0.922. The Bertz CT molecular complexity index is 1160. The van der Waals surface area contributed by atoms with E-state index in [2.05, 4.69) is 10.4 Å². The molecule has 0 spiro atoms. The lowest BCUT2D eigenvalue weighted by atomic mass is 10.1. The first-order chi connectivity index (χ1) is 14.0. The van der Waals surface area contributed by atoms with E-state index in [0.717, 1.165) is 27.7 Å². The van der Waals surface area contributed by atoms with Crippen molar-refractivity contribution in [3.8, 4) is 5.69 Å². The second-order valence-electron chi connectivity index (χ2n) is 7.43. The van der Waals surface area contributed by atoms with Crippen LogP contribution >= 0.6 is 11.8 Å². The van der Waals surface area contributed by atoms with Crippen LogP contribution in [0, 0.1) is 13.8 Å². The number of nitrogens with zero attached hydrogens (tertiary/aromatic N) is 3. The molecule has 3 heterocycles. The maximum atomic E-state index is 13.4. The maximum absolute atomic E-state index is 13.4. The molecule has 146 valence electrons. The average Bonchev–Trinajstić information content (AvgIpc) is 3.33. The molecule has 0 aliphatic carbocycles. The summed E-state index contributed by atoms with van der Waals surface area (Å²) < 4.78 is 1.86. The number of aromatic nitrogens is 2. The molecule has 3 aromatic rings. The van der Waals surface area contributed by atoms with E-state index in [9.17, 15) is 9.59 Å². The summed E-state index contributed by atoms with van der Waals surface area (Å²) in [5.41, 5.74) is 4.36. The summed E-state index contributed by atoms with van der Waals surface area (Å²) in [7, 11) is 0.